The molecule has 0 spiro atoms. The zero-order valence-corrected chi connectivity index (χ0v) is 18.3. The first kappa shape index (κ1) is 21.5. The molecule has 2 aliphatic heterocycles. The lowest BCUT2D eigenvalue weighted by Gasteiger charge is -2.26. The van der Waals surface area contributed by atoms with Crippen LogP contribution in [0.1, 0.15) is 39.5 Å². The third-order valence-electron chi connectivity index (χ3n) is 6.26. The summed E-state index contributed by atoms with van der Waals surface area (Å²) in [5, 5.41) is 9.99. The second-order valence-electron chi connectivity index (χ2n) is 8.32. The van der Waals surface area contributed by atoms with Crippen LogP contribution in [0.4, 0.5) is 10.1 Å². The monoisotopic (exact) mass is 452 g/mol. The standard InChI is InChI=1S/C23H25FN6O3/c1-14-17(22(31)25-5-2-6-29-7-9-33-10-8-29)12-30-21(14)20(26-13-27-30)19-16-11-15(24)3-4-18(16)28-23(19)32/h3-4,11-13,19H,2,5-10H2,1H3,(H,25,31)(H,28,32). The van der Waals surface area contributed by atoms with Gasteiger partial charge in [0.1, 0.15) is 18.1 Å². The Morgan fingerprint density at radius 1 is 1.33 bits per heavy atom. The van der Waals surface area contributed by atoms with Crippen LogP contribution >= 0.6 is 0 Å². The molecule has 172 valence electrons. The Balaban J connectivity index is 1.37. The Labute approximate surface area is 189 Å². The maximum absolute atomic E-state index is 13.9. The molecule has 1 unspecified atom stereocenters. The van der Waals surface area contributed by atoms with Gasteiger partial charge in [0.25, 0.3) is 5.91 Å². The van der Waals surface area contributed by atoms with E-state index < -0.39 is 11.7 Å². The van der Waals surface area contributed by atoms with Crippen LogP contribution in [0.2, 0.25) is 0 Å². The number of rotatable bonds is 6. The number of hydrogen-bond donors (Lipinski definition) is 2. The average molecular weight is 452 g/mol. The summed E-state index contributed by atoms with van der Waals surface area (Å²) >= 11 is 0. The lowest BCUT2D eigenvalue weighted by Crippen LogP contribution is -2.38. The molecule has 10 heteroatoms. The number of morpholine rings is 1. The van der Waals surface area contributed by atoms with Gasteiger partial charge in [-0.2, -0.15) is 5.10 Å². The Bertz CT molecular complexity index is 1220. The minimum atomic E-state index is -0.778. The molecule has 5 rings (SSSR count). The maximum atomic E-state index is 13.9. The Hall–Kier alpha value is -3.37. The summed E-state index contributed by atoms with van der Waals surface area (Å²) in [6.07, 6.45) is 3.83. The molecule has 2 aliphatic rings. The number of ether oxygens (including phenoxy) is 1. The highest BCUT2D eigenvalue weighted by molar-refractivity contribution is 6.06. The summed E-state index contributed by atoms with van der Waals surface area (Å²) in [7, 11) is 0. The highest BCUT2D eigenvalue weighted by atomic mass is 19.1. The summed E-state index contributed by atoms with van der Waals surface area (Å²) in [5.74, 6) is -1.69. The molecular formula is C23H25FN6O3. The van der Waals surface area contributed by atoms with E-state index in [0.29, 0.717) is 40.1 Å². The smallest absolute Gasteiger partial charge is 0.253 e. The molecule has 2 amide bonds. The highest BCUT2D eigenvalue weighted by Crippen LogP contribution is 2.39. The first-order chi connectivity index (χ1) is 16.0. The third kappa shape index (κ3) is 4.07. The van der Waals surface area contributed by atoms with Gasteiger partial charge < -0.3 is 15.4 Å². The molecule has 0 radical (unpaired) electrons. The van der Waals surface area contributed by atoms with E-state index in [1.54, 1.807) is 16.8 Å². The molecule has 0 bridgehead atoms. The molecule has 0 aliphatic carbocycles. The Morgan fingerprint density at radius 3 is 2.97 bits per heavy atom. The van der Waals surface area contributed by atoms with Gasteiger partial charge >= 0.3 is 0 Å². The largest absolute Gasteiger partial charge is 0.379 e. The van der Waals surface area contributed by atoms with Gasteiger partial charge in [-0.15, -0.1) is 0 Å². The van der Waals surface area contributed by atoms with Crippen LogP contribution in [0.5, 0.6) is 0 Å². The van der Waals surface area contributed by atoms with Crippen molar-refractivity contribution < 1.29 is 18.7 Å². The summed E-state index contributed by atoms with van der Waals surface area (Å²) < 4.78 is 20.8. The average Bonchev–Trinajstić information content (AvgIpc) is 3.33. The van der Waals surface area contributed by atoms with E-state index in [4.69, 9.17) is 4.74 Å². The second kappa shape index (κ2) is 8.87. The molecule has 2 N–H and O–H groups in total. The number of anilines is 1. The number of carbonyl (C=O) groups excluding carboxylic acids is 2. The van der Waals surface area contributed by atoms with Gasteiger partial charge in [-0.3, -0.25) is 14.5 Å². The van der Waals surface area contributed by atoms with Crippen LogP contribution in [0.25, 0.3) is 5.52 Å². The quantitative estimate of drug-likeness (QED) is 0.553. The number of aryl methyl sites for hydroxylation is 1. The van der Waals surface area contributed by atoms with E-state index in [9.17, 15) is 14.0 Å². The van der Waals surface area contributed by atoms with Gasteiger partial charge in [0.2, 0.25) is 5.91 Å². The van der Waals surface area contributed by atoms with Crippen molar-refractivity contribution in [3.05, 3.63) is 58.9 Å². The minimum absolute atomic E-state index is 0.201. The molecule has 4 heterocycles. The van der Waals surface area contributed by atoms with Gasteiger partial charge in [-0.25, -0.2) is 13.9 Å². The van der Waals surface area contributed by atoms with Gasteiger partial charge in [0.15, 0.2) is 0 Å². The number of benzene rings is 1. The third-order valence-corrected chi connectivity index (χ3v) is 6.26. The van der Waals surface area contributed by atoms with E-state index in [1.807, 2.05) is 6.92 Å². The van der Waals surface area contributed by atoms with Crippen molar-refractivity contribution in [2.24, 2.45) is 0 Å². The molecule has 1 fully saturated rings. The lowest BCUT2D eigenvalue weighted by atomic mass is 9.95. The van der Waals surface area contributed by atoms with E-state index in [-0.39, 0.29) is 11.8 Å². The number of nitrogens with zero attached hydrogens (tertiary/aromatic N) is 4. The Morgan fingerprint density at radius 2 is 2.15 bits per heavy atom. The van der Waals surface area contributed by atoms with Crippen LogP contribution in [0, 0.1) is 12.7 Å². The molecule has 33 heavy (non-hydrogen) atoms. The van der Waals surface area contributed by atoms with Gasteiger partial charge in [-0.05, 0) is 49.2 Å². The fourth-order valence-corrected chi connectivity index (χ4v) is 4.56. The molecule has 9 nitrogen and oxygen atoms in total. The fourth-order valence-electron chi connectivity index (χ4n) is 4.56. The number of nitrogens with one attached hydrogen (secondary N) is 2. The van der Waals surface area contributed by atoms with Crippen molar-refractivity contribution >= 4 is 23.0 Å². The van der Waals surface area contributed by atoms with Crippen LogP contribution in [-0.2, 0) is 9.53 Å². The SMILES string of the molecule is Cc1c(C(=O)NCCCN2CCOCC2)cn2ncnc(C3C(=O)Nc4ccc(F)cc43)c12. The van der Waals surface area contributed by atoms with Crippen LogP contribution < -0.4 is 10.6 Å². The molecule has 1 aromatic carbocycles. The van der Waals surface area contributed by atoms with E-state index in [0.717, 1.165) is 39.3 Å². The molecular weight excluding hydrogens is 427 g/mol. The normalized spacial score (nSPS) is 18.4. The highest BCUT2D eigenvalue weighted by Gasteiger charge is 2.36. The number of carbonyl (C=O) groups is 2. The summed E-state index contributed by atoms with van der Waals surface area (Å²) in [5.41, 5.74) is 3.25. The number of fused-ring (bicyclic) bond motifs is 2. The topological polar surface area (TPSA) is 101 Å². The van der Waals surface area contributed by atoms with Gasteiger partial charge in [0, 0.05) is 31.5 Å². The summed E-state index contributed by atoms with van der Waals surface area (Å²) in [4.78, 5) is 32.3. The molecule has 1 atom stereocenters. The number of amides is 2. The molecule has 2 aromatic heterocycles. The second-order valence-corrected chi connectivity index (χ2v) is 8.32. The summed E-state index contributed by atoms with van der Waals surface area (Å²) in [6.45, 7) is 6.61. The molecule has 3 aromatic rings. The predicted molar refractivity (Wildman–Crippen MR) is 119 cm³/mol. The van der Waals surface area contributed by atoms with Crippen LogP contribution in [0.15, 0.2) is 30.7 Å². The zero-order valence-electron chi connectivity index (χ0n) is 18.3. The number of hydrogen-bond acceptors (Lipinski definition) is 6. The minimum Gasteiger partial charge on any atom is -0.379 e. The van der Waals surface area contributed by atoms with Crippen molar-refractivity contribution in [2.75, 3.05) is 44.7 Å². The van der Waals surface area contributed by atoms with Crippen molar-refractivity contribution in [1.29, 1.82) is 0 Å². The van der Waals surface area contributed by atoms with Crippen molar-refractivity contribution in [1.82, 2.24) is 24.8 Å². The van der Waals surface area contributed by atoms with Crippen LogP contribution in [0.3, 0.4) is 0 Å². The van der Waals surface area contributed by atoms with E-state index in [1.165, 1.54) is 18.5 Å². The van der Waals surface area contributed by atoms with Crippen molar-refractivity contribution in [3.63, 3.8) is 0 Å². The van der Waals surface area contributed by atoms with Crippen molar-refractivity contribution in [2.45, 2.75) is 19.3 Å². The molecule has 0 saturated carbocycles. The predicted octanol–water partition coefficient (Wildman–Crippen LogP) is 1.71. The van der Waals surface area contributed by atoms with Gasteiger partial charge in [0.05, 0.1) is 30.0 Å². The van der Waals surface area contributed by atoms with E-state index >= 15 is 0 Å². The maximum Gasteiger partial charge on any atom is 0.253 e. The first-order valence-corrected chi connectivity index (χ1v) is 11.0. The number of aromatic nitrogens is 3. The van der Waals surface area contributed by atoms with Crippen LogP contribution in [-0.4, -0.2) is 70.7 Å². The Kier molecular flexibility index (Phi) is 5.77. The summed E-state index contributed by atoms with van der Waals surface area (Å²) in [6, 6.07) is 4.19. The zero-order chi connectivity index (χ0) is 22.9. The fraction of sp³-hybridized carbons (Fsp3) is 0.391. The first-order valence-electron chi connectivity index (χ1n) is 11.0. The number of halogens is 1. The van der Waals surface area contributed by atoms with Gasteiger partial charge in [-0.1, -0.05) is 0 Å². The van der Waals surface area contributed by atoms with Crippen molar-refractivity contribution in [3.8, 4) is 0 Å². The molecule has 1 saturated heterocycles. The lowest BCUT2D eigenvalue weighted by molar-refractivity contribution is -0.116. The van der Waals surface area contributed by atoms with E-state index in [2.05, 4.69) is 25.6 Å².